The molecule has 0 spiro atoms. The van der Waals surface area contributed by atoms with Crippen LogP contribution in [0.1, 0.15) is 16.1 Å². The second-order valence-electron chi connectivity index (χ2n) is 6.46. The molecule has 6 nitrogen and oxygen atoms in total. The Kier molecular flexibility index (Phi) is 5.22. The van der Waals surface area contributed by atoms with E-state index in [2.05, 4.69) is 20.9 Å². The Morgan fingerprint density at radius 2 is 1.62 bits per heavy atom. The zero-order valence-electron chi connectivity index (χ0n) is 15.6. The van der Waals surface area contributed by atoms with Crippen molar-refractivity contribution in [1.29, 1.82) is 0 Å². The number of carbonyl (C=O) groups excluding carboxylic acids is 2. The van der Waals surface area contributed by atoms with Gasteiger partial charge in [0.15, 0.2) is 5.13 Å². The highest BCUT2D eigenvalue weighted by atomic mass is 32.1. The molecule has 0 aliphatic carbocycles. The fraction of sp³-hybridized carbons (Fsp3) is 0.0455. The van der Waals surface area contributed by atoms with Crippen LogP contribution in [0, 0.1) is 6.92 Å². The van der Waals surface area contributed by atoms with Crippen LogP contribution in [0.25, 0.3) is 10.8 Å². The average Bonchev–Trinajstić information content (AvgIpc) is 3.18. The van der Waals surface area contributed by atoms with Crippen molar-refractivity contribution in [3.8, 4) is 0 Å². The van der Waals surface area contributed by atoms with Gasteiger partial charge in [0.25, 0.3) is 5.91 Å². The summed E-state index contributed by atoms with van der Waals surface area (Å²) in [6, 6.07) is 20.6. The van der Waals surface area contributed by atoms with Crippen molar-refractivity contribution in [2.75, 3.05) is 16.0 Å². The highest BCUT2D eigenvalue weighted by molar-refractivity contribution is 7.14. The van der Waals surface area contributed by atoms with Gasteiger partial charge in [0.05, 0.1) is 0 Å². The first-order valence-corrected chi connectivity index (χ1v) is 9.86. The largest absolute Gasteiger partial charge is 0.325 e. The van der Waals surface area contributed by atoms with Gasteiger partial charge in [-0.3, -0.25) is 10.1 Å². The van der Waals surface area contributed by atoms with Crippen molar-refractivity contribution in [2.24, 2.45) is 0 Å². The van der Waals surface area contributed by atoms with Crippen molar-refractivity contribution in [3.05, 3.63) is 83.4 Å². The molecule has 7 heteroatoms. The molecule has 4 aromatic rings. The molecule has 3 amide bonds. The van der Waals surface area contributed by atoms with E-state index in [4.69, 9.17) is 0 Å². The van der Waals surface area contributed by atoms with Gasteiger partial charge in [0, 0.05) is 22.1 Å². The third-order valence-electron chi connectivity index (χ3n) is 4.30. The van der Waals surface area contributed by atoms with Crippen molar-refractivity contribution >= 4 is 50.6 Å². The molecule has 1 aromatic heterocycles. The van der Waals surface area contributed by atoms with Crippen LogP contribution in [-0.2, 0) is 0 Å². The number of hydrogen-bond donors (Lipinski definition) is 3. The van der Waals surface area contributed by atoms with Gasteiger partial charge in [0.2, 0.25) is 0 Å². The van der Waals surface area contributed by atoms with E-state index in [9.17, 15) is 9.59 Å². The van der Waals surface area contributed by atoms with Gasteiger partial charge in [-0.25, -0.2) is 9.78 Å². The number of nitrogens with one attached hydrogen (secondary N) is 3. The summed E-state index contributed by atoms with van der Waals surface area (Å²) in [7, 11) is 0. The number of fused-ring (bicyclic) bond motifs is 1. The first-order chi connectivity index (χ1) is 14.1. The van der Waals surface area contributed by atoms with Crippen molar-refractivity contribution in [3.63, 3.8) is 0 Å². The molecular formula is C22H18N4O2S. The molecule has 0 saturated heterocycles. The molecule has 144 valence electrons. The molecule has 1 heterocycles. The fourth-order valence-corrected chi connectivity index (χ4v) is 3.54. The molecule has 3 N–H and O–H groups in total. The number of aryl methyl sites for hydroxylation is 1. The fourth-order valence-electron chi connectivity index (χ4n) is 2.85. The molecule has 29 heavy (non-hydrogen) atoms. The lowest BCUT2D eigenvalue weighted by Crippen LogP contribution is -2.19. The van der Waals surface area contributed by atoms with E-state index in [0.717, 1.165) is 16.3 Å². The van der Waals surface area contributed by atoms with E-state index in [-0.39, 0.29) is 11.6 Å². The second-order valence-corrected chi connectivity index (χ2v) is 7.32. The lowest BCUT2D eigenvalue weighted by molar-refractivity contribution is 0.102. The van der Waals surface area contributed by atoms with E-state index in [1.165, 1.54) is 11.3 Å². The predicted octanol–water partition coefficient (Wildman–Crippen LogP) is 5.50. The topological polar surface area (TPSA) is 83.1 Å². The minimum atomic E-state index is -0.413. The molecule has 0 fully saturated rings. The number of thiazole rings is 1. The normalized spacial score (nSPS) is 10.5. The van der Waals surface area contributed by atoms with Crippen LogP contribution in [0.3, 0.4) is 0 Å². The summed E-state index contributed by atoms with van der Waals surface area (Å²) in [4.78, 5) is 28.9. The minimum absolute atomic E-state index is 0.244. The summed E-state index contributed by atoms with van der Waals surface area (Å²) < 4.78 is 0. The standard InChI is InChI=1S/C22H18N4O2S/c1-14-9-11-16(12-10-14)23-21(28)26-22-25-19(13-29-22)20(27)24-18-8-4-6-15-5-2-3-7-17(15)18/h2-13H,1H3,(H,24,27)(H2,23,25,26,28). The first kappa shape index (κ1) is 18.6. The van der Waals surface area contributed by atoms with Crippen molar-refractivity contribution in [2.45, 2.75) is 6.92 Å². The number of aromatic nitrogens is 1. The summed E-state index contributed by atoms with van der Waals surface area (Å²) in [5.41, 5.74) is 2.75. The highest BCUT2D eigenvalue weighted by Gasteiger charge is 2.14. The highest BCUT2D eigenvalue weighted by Crippen LogP contribution is 2.24. The number of carbonyl (C=O) groups is 2. The van der Waals surface area contributed by atoms with Crippen molar-refractivity contribution < 1.29 is 9.59 Å². The van der Waals surface area contributed by atoms with Gasteiger partial charge in [-0.15, -0.1) is 11.3 Å². The third-order valence-corrected chi connectivity index (χ3v) is 5.06. The Balaban J connectivity index is 1.42. The van der Waals surface area contributed by atoms with E-state index in [1.54, 1.807) is 5.38 Å². The summed E-state index contributed by atoms with van der Waals surface area (Å²) in [5.74, 6) is -0.329. The molecule has 0 bridgehead atoms. The molecule has 0 aliphatic rings. The van der Waals surface area contributed by atoms with Crippen LogP contribution >= 0.6 is 11.3 Å². The smallest absolute Gasteiger partial charge is 0.320 e. The van der Waals surface area contributed by atoms with Gasteiger partial charge in [-0.1, -0.05) is 54.1 Å². The Hall–Kier alpha value is -3.71. The lowest BCUT2D eigenvalue weighted by atomic mass is 10.1. The quantitative estimate of drug-likeness (QED) is 0.421. The monoisotopic (exact) mass is 402 g/mol. The number of urea groups is 1. The molecule has 0 aliphatic heterocycles. The first-order valence-electron chi connectivity index (χ1n) is 8.98. The predicted molar refractivity (Wildman–Crippen MR) is 118 cm³/mol. The number of amides is 3. The Bertz CT molecular complexity index is 1180. The Morgan fingerprint density at radius 1 is 0.862 bits per heavy atom. The molecule has 4 rings (SSSR count). The summed E-state index contributed by atoms with van der Waals surface area (Å²) in [6.45, 7) is 1.98. The summed E-state index contributed by atoms with van der Waals surface area (Å²) in [6.07, 6.45) is 0. The number of nitrogens with zero attached hydrogens (tertiary/aromatic N) is 1. The van der Waals surface area contributed by atoms with Crippen LogP contribution in [0.15, 0.2) is 72.1 Å². The minimum Gasteiger partial charge on any atom is -0.320 e. The lowest BCUT2D eigenvalue weighted by Gasteiger charge is -2.07. The van der Waals surface area contributed by atoms with Crippen LogP contribution in [-0.4, -0.2) is 16.9 Å². The second kappa shape index (κ2) is 8.12. The summed E-state index contributed by atoms with van der Waals surface area (Å²) >= 11 is 1.19. The van der Waals surface area contributed by atoms with Crippen LogP contribution < -0.4 is 16.0 Å². The molecular weight excluding hydrogens is 384 g/mol. The van der Waals surface area contributed by atoms with E-state index in [0.29, 0.717) is 16.5 Å². The molecule has 3 aromatic carbocycles. The SMILES string of the molecule is Cc1ccc(NC(=O)Nc2nc(C(=O)Nc3cccc4ccccc34)cs2)cc1. The van der Waals surface area contributed by atoms with Gasteiger partial charge < -0.3 is 10.6 Å². The maximum atomic E-state index is 12.6. The number of benzene rings is 3. The number of hydrogen-bond acceptors (Lipinski definition) is 4. The van der Waals surface area contributed by atoms with E-state index in [1.807, 2.05) is 73.7 Å². The third kappa shape index (κ3) is 4.41. The maximum Gasteiger partial charge on any atom is 0.325 e. The van der Waals surface area contributed by atoms with Crippen LogP contribution in [0.5, 0.6) is 0 Å². The zero-order valence-corrected chi connectivity index (χ0v) is 16.4. The van der Waals surface area contributed by atoms with Crippen LogP contribution in [0.4, 0.5) is 21.3 Å². The zero-order chi connectivity index (χ0) is 20.2. The Labute approximate surface area is 171 Å². The average molecular weight is 402 g/mol. The van der Waals surface area contributed by atoms with Gasteiger partial charge >= 0.3 is 6.03 Å². The van der Waals surface area contributed by atoms with E-state index < -0.39 is 6.03 Å². The number of rotatable bonds is 4. The van der Waals surface area contributed by atoms with Gasteiger partial charge in [0.1, 0.15) is 5.69 Å². The Morgan fingerprint density at radius 3 is 2.45 bits per heavy atom. The van der Waals surface area contributed by atoms with Crippen LogP contribution in [0.2, 0.25) is 0 Å². The maximum absolute atomic E-state index is 12.6. The molecule has 0 atom stereocenters. The molecule has 0 saturated carbocycles. The van der Waals surface area contributed by atoms with Crippen molar-refractivity contribution in [1.82, 2.24) is 4.98 Å². The summed E-state index contributed by atoms with van der Waals surface area (Å²) in [5, 5.41) is 12.2. The molecule has 0 radical (unpaired) electrons. The van der Waals surface area contributed by atoms with E-state index >= 15 is 0 Å². The number of anilines is 3. The molecule has 0 unspecified atom stereocenters. The van der Waals surface area contributed by atoms with Gasteiger partial charge in [-0.2, -0.15) is 0 Å². The van der Waals surface area contributed by atoms with Gasteiger partial charge in [-0.05, 0) is 30.5 Å².